The Morgan fingerprint density at radius 3 is 2.79 bits per heavy atom. The van der Waals surface area contributed by atoms with Gasteiger partial charge in [-0.05, 0) is 43.7 Å². The second-order valence-electron chi connectivity index (χ2n) is 5.75. The summed E-state index contributed by atoms with van der Waals surface area (Å²) in [5, 5.41) is 3.88. The van der Waals surface area contributed by atoms with Crippen molar-refractivity contribution >= 4 is 18.2 Å². The van der Waals surface area contributed by atoms with E-state index < -0.39 is 0 Å². The number of nitrogens with two attached hydrogens (primary N) is 1. The molecule has 1 saturated heterocycles. The van der Waals surface area contributed by atoms with Crippen LogP contribution in [-0.2, 0) is 13.1 Å². The third-order valence-electron chi connectivity index (χ3n) is 4.05. The number of Topliss-reactive ketones (excluding diaryl/α,β-unsaturated/α-hetero) is 1. The Kier molecular flexibility index (Phi) is 6.42. The molecule has 1 aliphatic rings. The molecule has 3 rings (SSSR count). The molecule has 1 aliphatic heterocycles. The highest BCUT2D eigenvalue weighted by molar-refractivity contribution is 5.98. The summed E-state index contributed by atoms with van der Waals surface area (Å²) in [4.78, 5) is 18.9. The molecule has 0 spiro atoms. The van der Waals surface area contributed by atoms with E-state index in [1.165, 1.54) is 12.1 Å². The Labute approximate surface area is 145 Å². The van der Waals surface area contributed by atoms with Crippen LogP contribution in [0.1, 0.15) is 34.9 Å². The van der Waals surface area contributed by atoms with Gasteiger partial charge in [0.15, 0.2) is 11.6 Å². The van der Waals surface area contributed by atoms with Crippen molar-refractivity contribution in [1.82, 2.24) is 15.0 Å². The van der Waals surface area contributed by atoms with Crippen molar-refractivity contribution in [1.29, 1.82) is 0 Å². The Bertz CT molecular complexity index is 677. The molecule has 2 aromatic rings. The van der Waals surface area contributed by atoms with E-state index in [-0.39, 0.29) is 36.5 Å². The first-order valence-electron chi connectivity index (χ1n) is 7.69. The number of carbonyl (C=O) groups is 1. The highest BCUT2D eigenvalue weighted by Gasteiger charge is 2.27. The van der Waals surface area contributed by atoms with Gasteiger partial charge in [0.25, 0.3) is 0 Å². The van der Waals surface area contributed by atoms with Gasteiger partial charge >= 0.3 is 0 Å². The molecule has 1 unspecified atom stereocenters. The lowest BCUT2D eigenvalue weighted by Crippen LogP contribution is -2.38. The molecule has 24 heavy (non-hydrogen) atoms. The van der Waals surface area contributed by atoms with Gasteiger partial charge in [-0.2, -0.15) is 4.98 Å². The van der Waals surface area contributed by atoms with Crippen molar-refractivity contribution in [2.75, 3.05) is 13.1 Å². The molecule has 6 nitrogen and oxygen atoms in total. The van der Waals surface area contributed by atoms with Crippen LogP contribution in [0.15, 0.2) is 28.8 Å². The van der Waals surface area contributed by atoms with E-state index in [9.17, 15) is 9.18 Å². The fraction of sp³-hybridized carbons (Fsp3) is 0.438. The molecular formula is C16H20ClFN4O2. The first-order valence-corrected chi connectivity index (χ1v) is 7.69. The molecule has 2 N–H and O–H groups in total. The molecule has 1 aromatic carbocycles. The quantitative estimate of drug-likeness (QED) is 0.828. The Morgan fingerprint density at radius 1 is 1.38 bits per heavy atom. The first-order chi connectivity index (χ1) is 11.2. The van der Waals surface area contributed by atoms with Crippen LogP contribution in [0.5, 0.6) is 0 Å². The van der Waals surface area contributed by atoms with E-state index >= 15 is 0 Å². The fourth-order valence-corrected chi connectivity index (χ4v) is 2.90. The standard InChI is InChI=1S/C16H19FN4O2.ClH/c17-13-5-3-11(4-6-13)16(22)12-2-1-7-21(9-12)10-14-19-15(8-18)23-20-14;/h3-6,12H,1-2,7-10,18H2;1H. The van der Waals surface area contributed by atoms with Gasteiger partial charge in [-0.15, -0.1) is 12.4 Å². The van der Waals surface area contributed by atoms with Crippen LogP contribution in [0.25, 0.3) is 0 Å². The van der Waals surface area contributed by atoms with E-state index in [1.54, 1.807) is 12.1 Å². The fourth-order valence-electron chi connectivity index (χ4n) is 2.90. The molecule has 130 valence electrons. The Hall–Kier alpha value is -1.83. The number of piperidine rings is 1. The molecule has 0 amide bonds. The topological polar surface area (TPSA) is 85.2 Å². The van der Waals surface area contributed by atoms with E-state index in [2.05, 4.69) is 15.0 Å². The minimum absolute atomic E-state index is 0. The largest absolute Gasteiger partial charge is 0.338 e. The van der Waals surface area contributed by atoms with E-state index in [1.807, 2.05) is 0 Å². The second kappa shape index (κ2) is 8.32. The van der Waals surface area contributed by atoms with Crippen LogP contribution < -0.4 is 5.73 Å². The number of likely N-dealkylation sites (tertiary alicyclic amines) is 1. The molecule has 0 saturated carbocycles. The molecule has 1 fully saturated rings. The average Bonchev–Trinajstić information content (AvgIpc) is 3.03. The third-order valence-corrected chi connectivity index (χ3v) is 4.05. The number of aromatic nitrogens is 2. The maximum atomic E-state index is 13.0. The van der Waals surface area contributed by atoms with Crippen molar-refractivity contribution in [2.24, 2.45) is 11.7 Å². The zero-order valence-electron chi connectivity index (χ0n) is 13.2. The average molecular weight is 355 g/mol. The summed E-state index contributed by atoms with van der Waals surface area (Å²) in [6.45, 7) is 2.29. The third kappa shape index (κ3) is 4.37. The van der Waals surface area contributed by atoms with Crippen LogP contribution in [0.4, 0.5) is 4.39 Å². The van der Waals surface area contributed by atoms with E-state index in [4.69, 9.17) is 10.3 Å². The summed E-state index contributed by atoms with van der Waals surface area (Å²) < 4.78 is 18.0. The first kappa shape index (κ1) is 18.5. The highest BCUT2D eigenvalue weighted by Crippen LogP contribution is 2.22. The van der Waals surface area contributed by atoms with Gasteiger partial charge in [-0.3, -0.25) is 9.69 Å². The lowest BCUT2D eigenvalue weighted by atomic mass is 9.90. The van der Waals surface area contributed by atoms with Gasteiger partial charge in [0.2, 0.25) is 5.89 Å². The van der Waals surface area contributed by atoms with Crippen molar-refractivity contribution in [3.8, 4) is 0 Å². The number of nitrogens with zero attached hydrogens (tertiary/aromatic N) is 3. The van der Waals surface area contributed by atoms with Crippen LogP contribution in [0, 0.1) is 11.7 Å². The number of halogens is 2. The Balaban J connectivity index is 0.00000208. The smallest absolute Gasteiger partial charge is 0.240 e. The van der Waals surface area contributed by atoms with Crippen molar-refractivity contribution in [3.05, 3.63) is 47.4 Å². The zero-order chi connectivity index (χ0) is 16.2. The summed E-state index contributed by atoms with van der Waals surface area (Å²) in [5.74, 6) is 0.636. The van der Waals surface area contributed by atoms with E-state index in [0.29, 0.717) is 30.4 Å². The molecule has 1 atom stereocenters. The predicted molar refractivity (Wildman–Crippen MR) is 88.2 cm³/mol. The van der Waals surface area contributed by atoms with E-state index in [0.717, 1.165) is 19.4 Å². The van der Waals surface area contributed by atoms with Gasteiger partial charge in [-0.1, -0.05) is 5.16 Å². The van der Waals surface area contributed by atoms with Gasteiger partial charge in [-0.25, -0.2) is 4.39 Å². The normalized spacial score (nSPS) is 18.2. The second-order valence-corrected chi connectivity index (χ2v) is 5.75. The van der Waals surface area contributed by atoms with Gasteiger partial charge in [0.1, 0.15) is 5.82 Å². The van der Waals surface area contributed by atoms with Crippen molar-refractivity contribution < 1.29 is 13.7 Å². The lowest BCUT2D eigenvalue weighted by molar-refractivity contribution is 0.0807. The van der Waals surface area contributed by atoms with Crippen LogP contribution in [0.3, 0.4) is 0 Å². The monoisotopic (exact) mass is 354 g/mol. The van der Waals surface area contributed by atoms with Crippen LogP contribution >= 0.6 is 12.4 Å². The summed E-state index contributed by atoms with van der Waals surface area (Å²) in [5.41, 5.74) is 6.01. The summed E-state index contributed by atoms with van der Waals surface area (Å²) in [7, 11) is 0. The molecule has 0 radical (unpaired) electrons. The summed E-state index contributed by atoms with van der Waals surface area (Å²) in [6, 6.07) is 5.73. The van der Waals surface area contributed by atoms with Gasteiger partial charge in [0.05, 0.1) is 13.1 Å². The number of benzene rings is 1. The number of rotatable bonds is 5. The minimum atomic E-state index is -0.334. The van der Waals surface area contributed by atoms with Crippen molar-refractivity contribution in [3.63, 3.8) is 0 Å². The number of ketones is 1. The molecule has 0 aliphatic carbocycles. The zero-order valence-corrected chi connectivity index (χ0v) is 14.0. The van der Waals surface area contributed by atoms with Crippen LogP contribution in [0.2, 0.25) is 0 Å². The maximum Gasteiger partial charge on any atom is 0.240 e. The number of hydrogen-bond acceptors (Lipinski definition) is 6. The SMILES string of the molecule is Cl.NCc1nc(CN2CCCC(C(=O)c3ccc(F)cc3)C2)no1. The molecule has 1 aromatic heterocycles. The van der Waals surface area contributed by atoms with Gasteiger partial charge < -0.3 is 10.3 Å². The Morgan fingerprint density at radius 2 is 2.12 bits per heavy atom. The highest BCUT2D eigenvalue weighted by atomic mass is 35.5. The minimum Gasteiger partial charge on any atom is -0.338 e. The maximum absolute atomic E-state index is 13.0. The summed E-state index contributed by atoms with van der Waals surface area (Å²) in [6.07, 6.45) is 1.77. The number of carbonyl (C=O) groups excluding carboxylic acids is 1. The predicted octanol–water partition coefficient (Wildman–Crippen LogP) is 2.18. The molecule has 2 heterocycles. The molecular weight excluding hydrogens is 335 g/mol. The number of hydrogen-bond donors (Lipinski definition) is 1. The van der Waals surface area contributed by atoms with Crippen molar-refractivity contribution in [2.45, 2.75) is 25.9 Å². The molecule has 0 bridgehead atoms. The van der Waals surface area contributed by atoms with Gasteiger partial charge in [0, 0.05) is 18.0 Å². The lowest BCUT2D eigenvalue weighted by Gasteiger charge is -2.31. The summed E-state index contributed by atoms with van der Waals surface area (Å²) >= 11 is 0. The van der Waals surface area contributed by atoms with Crippen LogP contribution in [-0.4, -0.2) is 33.9 Å². The molecule has 8 heteroatoms.